The molecule has 13 heavy (non-hydrogen) atoms. The lowest BCUT2D eigenvalue weighted by molar-refractivity contribution is -0.110. The van der Waals surface area contributed by atoms with Crippen LogP contribution in [0.25, 0.3) is 0 Å². The largest absolute Gasteiger partial charge is 0.512 e. The Labute approximate surface area is 78.0 Å². The number of aliphatic hydroxyl groups is 1. The molecule has 70 valence electrons. The van der Waals surface area contributed by atoms with E-state index >= 15 is 0 Å². The topological polar surface area (TPSA) is 37.3 Å². The van der Waals surface area contributed by atoms with Crippen molar-refractivity contribution in [3.63, 3.8) is 0 Å². The molecule has 0 spiro atoms. The Kier molecular flexibility index (Phi) is 2.21. The Morgan fingerprint density at radius 2 is 2.23 bits per heavy atom. The van der Waals surface area contributed by atoms with Gasteiger partial charge in [-0.05, 0) is 36.8 Å². The van der Waals surface area contributed by atoms with Gasteiger partial charge in [0.15, 0.2) is 0 Å². The molecule has 2 nitrogen and oxygen atoms in total. The number of rotatable bonds is 1. The highest BCUT2D eigenvalue weighted by Gasteiger charge is 2.24. The van der Waals surface area contributed by atoms with E-state index in [-0.39, 0.29) is 5.92 Å². The Morgan fingerprint density at radius 1 is 1.38 bits per heavy atom. The second-order valence-corrected chi connectivity index (χ2v) is 3.92. The van der Waals surface area contributed by atoms with Crippen molar-refractivity contribution in [2.75, 3.05) is 0 Å². The van der Waals surface area contributed by atoms with Gasteiger partial charge in [0, 0.05) is 12.3 Å². The van der Waals surface area contributed by atoms with E-state index in [4.69, 9.17) is 0 Å². The standard InChI is InChI=1S/C11H14O2/c12-7-8-1-2-9-3-4-11(13)6-10(9)5-8/h5-9,13H,1-4H2. The van der Waals surface area contributed by atoms with E-state index in [0.29, 0.717) is 11.7 Å². The van der Waals surface area contributed by atoms with Crippen LogP contribution in [0, 0.1) is 11.8 Å². The van der Waals surface area contributed by atoms with Crippen molar-refractivity contribution in [2.24, 2.45) is 11.8 Å². The van der Waals surface area contributed by atoms with Crippen LogP contribution in [-0.2, 0) is 4.79 Å². The molecule has 0 heterocycles. The molecule has 2 atom stereocenters. The number of carbonyl (C=O) groups is 1. The van der Waals surface area contributed by atoms with Crippen molar-refractivity contribution >= 4 is 6.29 Å². The molecule has 0 aromatic carbocycles. The first-order valence-electron chi connectivity index (χ1n) is 4.86. The van der Waals surface area contributed by atoms with Crippen molar-refractivity contribution in [1.29, 1.82) is 0 Å². The van der Waals surface area contributed by atoms with Gasteiger partial charge in [-0.15, -0.1) is 0 Å². The zero-order valence-corrected chi connectivity index (χ0v) is 7.57. The summed E-state index contributed by atoms with van der Waals surface area (Å²) >= 11 is 0. The molecule has 0 bridgehead atoms. The SMILES string of the molecule is O=CC1C=C2C=C(O)CCC2CC1. The van der Waals surface area contributed by atoms with E-state index in [9.17, 15) is 9.90 Å². The molecule has 0 aromatic rings. The molecule has 0 saturated heterocycles. The summed E-state index contributed by atoms with van der Waals surface area (Å²) in [7, 11) is 0. The van der Waals surface area contributed by atoms with Crippen molar-refractivity contribution in [2.45, 2.75) is 25.7 Å². The van der Waals surface area contributed by atoms with E-state index in [2.05, 4.69) is 0 Å². The maximum Gasteiger partial charge on any atom is 0.126 e. The summed E-state index contributed by atoms with van der Waals surface area (Å²) < 4.78 is 0. The molecular formula is C11H14O2. The van der Waals surface area contributed by atoms with Crippen LogP contribution in [0.3, 0.4) is 0 Å². The zero-order valence-electron chi connectivity index (χ0n) is 7.57. The Hall–Kier alpha value is -1.05. The third kappa shape index (κ3) is 1.67. The summed E-state index contributed by atoms with van der Waals surface area (Å²) in [5.41, 5.74) is 1.17. The van der Waals surface area contributed by atoms with Crippen LogP contribution < -0.4 is 0 Å². The van der Waals surface area contributed by atoms with E-state index in [1.165, 1.54) is 5.57 Å². The van der Waals surface area contributed by atoms with Gasteiger partial charge in [-0.25, -0.2) is 0 Å². The fourth-order valence-corrected chi connectivity index (χ4v) is 2.20. The molecule has 0 radical (unpaired) electrons. The van der Waals surface area contributed by atoms with Gasteiger partial charge in [-0.1, -0.05) is 6.08 Å². The Morgan fingerprint density at radius 3 is 3.00 bits per heavy atom. The molecule has 0 aliphatic heterocycles. The fourth-order valence-electron chi connectivity index (χ4n) is 2.20. The normalized spacial score (nSPS) is 32.9. The highest BCUT2D eigenvalue weighted by atomic mass is 16.3. The van der Waals surface area contributed by atoms with Gasteiger partial charge in [0.05, 0.1) is 5.76 Å². The van der Waals surface area contributed by atoms with Crippen LogP contribution in [0.15, 0.2) is 23.5 Å². The first kappa shape index (κ1) is 8.54. The van der Waals surface area contributed by atoms with Crippen LogP contribution >= 0.6 is 0 Å². The maximum absolute atomic E-state index is 10.6. The van der Waals surface area contributed by atoms with Gasteiger partial charge in [-0.2, -0.15) is 0 Å². The first-order chi connectivity index (χ1) is 6.29. The predicted molar refractivity (Wildman–Crippen MR) is 50.3 cm³/mol. The summed E-state index contributed by atoms with van der Waals surface area (Å²) in [5, 5.41) is 9.34. The molecular weight excluding hydrogens is 164 g/mol. The van der Waals surface area contributed by atoms with E-state index in [1.54, 1.807) is 0 Å². The number of carbonyl (C=O) groups excluding carboxylic acids is 1. The van der Waals surface area contributed by atoms with Crippen molar-refractivity contribution < 1.29 is 9.90 Å². The zero-order chi connectivity index (χ0) is 9.26. The third-order valence-electron chi connectivity index (χ3n) is 2.98. The van der Waals surface area contributed by atoms with Gasteiger partial charge >= 0.3 is 0 Å². The van der Waals surface area contributed by atoms with Crippen LogP contribution in [0.5, 0.6) is 0 Å². The van der Waals surface area contributed by atoms with E-state index in [0.717, 1.165) is 32.0 Å². The minimum atomic E-state index is 0.0772. The highest BCUT2D eigenvalue weighted by Crippen LogP contribution is 2.36. The average molecular weight is 178 g/mol. The number of hydrogen-bond acceptors (Lipinski definition) is 2. The summed E-state index contributed by atoms with van der Waals surface area (Å²) in [6.07, 6.45) is 8.77. The fraction of sp³-hybridized carbons (Fsp3) is 0.545. The molecule has 2 aliphatic rings. The third-order valence-corrected chi connectivity index (χ3v) is 2.98. The molecule has 1 N–H and O–H groups in total. The van der Waals surface area contributed by atoms with Crippen LogP contribution in [0.1, 0.15) is 25.7 Å². The van der Waals surface area contributed by atoms with Crippen LogP contribution in [-0.4, -0.2) is 11.4 Å². The van der Waals surface area contributed by atoms with Gasteiger partial charge < -0.3 is 9.90 Å². The minimum Gasteiger partial charge on any atom is -0.512 e. The molecule has 2 heteroatoms. The van der Waals surface area contributed by atoms with Crippen molar-refractivity contribution in [1.82, 2.24) is 0 Å². The highest BCUT2D eigenvalue weighted by molar-refractivity contribution is 5.58. The summed E-state index contributed by atoms with van der Waals surface area (Å²) in [6.45, 7) is 0. The summed E-state index contributed by atoms with van der Waals surface area (Å²) in [5.74, 6) is 1.13. The maximum atomic E-state index is 10.6. The van der Waals surface area contributed by atoms with E-state index in [1.807, 2.05) is 12.2 Å². The lowest BCUT2D eigenvalue weighted by atomic mass is 9.77. The molecule has 2 unspecified atom stereocenters. The smallest absolute Gasteiger partial charge is 0.126 e. The summed E-state index contributed by atoms with van der Waals surface area (Å²) in [6, 6.07) is 0. The van der Waals surface area contributed by atoms with Crippen molar-refractivity contribution in [3.05, 3.63) is 23.5 Å². The minimum absolute atomic E-state index is 0.0772. The predicted octanol–water partition coefficient (Wildman–Crippen LogP) is 2.37. The average Bonchev–Trinajstić information content (AvgIpc) is 2.16. The van der Waals surface area contributed by atoms with Crippen LogP contribution in [0.2, 0.25) is 0 Å². The Bertz CT molecular complexity index is 276. The molecule has 0 aromatic heterocycles. The number of aliphatic hydroxyl groups excluding tert-OH is 1. The Balaban J connectivity index is 2.24. The molecule has 0 saturated carbocycles. The quantitative estimate of drug-likeness (QED) is 0.626. The molecule has 2 rings (SSSR count). The van der Waals surface area contributed by atoms with Gasteiger partial charge in [-0.3, -0.25) is 0 Å². The number of aldehydes is 1. The van der Waals surface area contributed by atoms with Gasteiger partial charge in [0.25, 0.3) is 0 Å². The number of hydrogen-bond donors (Lipinski definition) is 1. The first-order valence-corrected chi connectivity index (χ1v) is 4.86. The molecule has 0 amide bonds. The lowest BCUT2D eigenvalue weighted by Crippen LogP contribution is -2.17. The monoisotopic (exact) mass is 178 g/mol. The number of fused-ring (bicyclic) bond motifs is 1. The van der Waals surface area contributed by atoms with Gasteiger partial charge in [0.2, 0.25) is 0 Å². The molecule has 0 fully saturated rings. The van der Waals surface area contributed by atoms with E-state index < -0.39 is 0 Å². The second kappa shape index (κ2) is 3.36. The summed E-state index contributed by atoms with van der Waals surface area (Å²) in [4.78, 5) is 10.6. The lowest BCUT2D eigenvalue weighted by Gasteiger charge is -2.28. The second-order valence-electron chi connectivity index (χ2n) is 3.92. The van der Waals surface area contributed by atoms with Crippen LogP contribution in [0.4, 0.5) is 0 Å². The molecule has 2 aliphatic carbocycles. The van der Waals surface area contributed by atoms with Crippen molar-refractivity contribution in [3.8, 4) is 0 Å². The van der Waals surface area contributed by atoms with Gasteiger partial charge in [0.1, 0.15) is 6.29 Å². The number of allylic oxidation sites excluding steroid dienone is 4.